The number of hydrogen-bond donors (Lipinski definition) is 0. The number of hydrogen-bond acceptors (Lipinski definition) is 3. The summed E-state index contributed by atoms with van der Waals surface area (Å²) in [5, 5.41) is 0. The summed E-state index contributed by atoms with van der Waals surface area (Å²) in [4.78, 5) is 23.1. The van der Waals surface area contributed by atoms with Crippen LogP contribution in [0.1, 0.15) is 48.0 Å². The topological polar surface area (TPSA) is 43.4 Å². The van der Waals surface area contributed by atoms with E-state index in [4.69, 9.17) is 4.74 Å². The van der Waals surface area contributed by atoms with E-state index < -0.39 is 11.9 Å². The first-order valence-electron chi connectivity index (χ1n) is 5.85. The Labute approximate surface area is 98.6 Å². The van der Waals surface area contributed by atoms with Gasteiger partial charge in [0.15, 0.2) is 0 Å². The molecule has 0 aromatic rings. The maximum atomic E-state index is 11.5. The largest absolute Gasteiger partial charge is 0.465 e. The number of carbonyl (C=O) groups excluding carboxylic acids is 2. The van der Waals surface area contributed by atoms with Crippen LogP contribution in [0.3, 0.4) is 0 Å². The highest BCUT2D eigenvalue weighted by Crippen LogP contribution is 2.18. The zero-order valence-corrected chi connectivity index (χ0v) is 11.3. The molecule has 0 aromatic heterocycles. The first-order valence-corrected chi connectivity index (χ1v) is 5.85. The molecule has 0 rings (SSSR count). The Kier molecular flexibility index (Phi) is 5.70. The molecular weight excluding hydrogens is 204 g/mol. The van der Waals surface area contributed by atoms with E-state index in [9.17, 15) is 9.59 Å². The van der Waals surface area contributed by atoms with Gasteiger partial charge in [0.25, 0.3) is 0 Å². The first kappa shape index (κ1) is 15.1. The highest BCUT2D eigenvalue weighted by Gasteiger charge is 2.25. The molecule has 3 heteroatoms. The molecule has 0 aliphatic heterocycles. The van der Waals surface area contributed by atoms with Crippen LogP contribution >= 0.6 is 0 Å². The monoisotopic (exact) mass is 228 g/mol. The smallest absolute Gasteiger partial charge is 0.316 e. The predicted octanol–water partition coefficient (Wildman–Crippen LogP) is 2.83. The third kappa shape index (κ3) is 5.89. The van der Waals surface area contributed by atoms with Gasteiger partial charge in [-0.25, -0.2) is 0 Å². The molecule has 0 saturated heterocycles. The van der Waals surface area contributed by atoms with Crippen LogP contribution in [-0.2, 0) is 14.3 Å². The molecule has 0 radical (unpaired) electrons. The van der Waals surface area contributed by atoms with Gasteiger partial charge in [-0.3, -0.25) is 9.59 Å². The van der Waals surface area contributed by atoms with E-state index in [-0.39, 0.29) is 17.1 Å². The van der Waals surface area contributed by atoms with E-state index in [0.29, 0.717) is 6.61 Å². The Morgan fingerprint density at radius 3 is 2.00 bits per heavy atom. The van der Waals surface area contributed by atoms with Crippen LogP contribution in [0.25, 0.3) is 0 Å². The van der Waals surface area contributed by atoms with Crippen LogP contribution in [0, 0.1) is 17.3 Å². The van der Waals surface area contributed by atoms with E-state index in [0.717, 1.165) is 6.42 Å². The molecule has 0 N–H and O–H groups in total. The molecule has 0 spiro atoms. The molecular formula is C13H24O3. The second-order valence-corrected chi connectivity index (χ2v) is 5.76. The fourth-order valence-corrected chi connectivity index (χ4v) is 1.20. The number of carbonyl (C=O) groups is 2. The predicted molar refractivity (Wildman–Crippen MR) is 64.0 cm³/mol. The summed E-state index contributed by atoms with van der Waals surface area (Å²) in [5.74, 6) is -1.21. The summed E-state index contributed by atoms with van der Waals surface area (Å²) in [6.07, 6.45) is 0.807. The number of rotatable bonds is 5. The summed E-state index contributed by atoms with van der Waals surface area (Å²) < 4.78 is 5.09. The standard InChI is InChI=1S/C13H24O3/c1-9(2)11(14)10(3)12(15)16-8-7-13(4,5)6/h9-10H,7-8H2,1-6H3. The Bertz CT molecular complexity index is 248. The van der Waals surface area contributed by atoms with Gasteiger partial charge in [0.1, 0.15) is 11.7 Å². The van der Waals surface area contributed by atoms with Crippen LogP contribution < -0.4 is 0 Å². The van der Waals surface area contributed by atoms with Gasteiger partial charge in [-0.2, -0.15) is 0 Å². The molecule has 16 heavy (non-hydrogen) atoms. The fourth-order valence-electron chi connectivity index (χ4n) is 1.20. The van der Waals surface area contributed by atoms with Crippen molar-refractivity contribution >= 4 is 11.8 Å². The van der Waals surface area contributed by atoms with Gasteiger partial charge in [0.05, 0.1) is 6.61 Å². The van der Waals surface area contributed by atoms with Crippen molar-refractivity contribution in [2.45, 2.75) is 48.0 Å². The Morgan fingerprint density at radius 2 is 1.62 bits per heavy atom. The van der Waals surface area contributed by atoms with Crippen molar-refractivity contribution in [1.29, 1.82) is 0 Å². The summed E-state index contributed by atoms with van der Waals surface area (Å²) in [5.41, 5.74) is 0.144. The van der Waals surface area contributed by atoms with Crippen molar-refractivity contribution in [2.24, 2.45) is 17.3 Å². The maximum absolute atomic E-state index is 11.5. The van der Waals surface area contributed by atoms with E-state index in [1.807, 2.05) is 0 Å². The number of ether oxygens (including phenoxy) is 1. The minimum Gasteiger partial charge on any atom is -0.465 e. The van der Waals surface area contributed by atoms with Crippen LogP contribution in [0.15, 0.2) is 0 Å². The number of Topliss-reactive ketones (excluding diaryl/α,β-unsaturated/α-hetero) is 1. The van der Waals surface area contributed by atoms with Crippen LogP contribution in [0.4, 0.5) is 0 Å². The van der Waals surface area contributed by atoms with Gasteiger partial charge in [-0.15, -0.1) is 0 Å². The SMILES string of the molecule is CC(C)C(=O)C(C)C(=O)OCCC(C)(C)C. The molecule has 94 valence electrons. The highest BCUT2D eigenvalue weighted by atomic mass is 16.5. The van der Waals surface area contributed by atoms with Gasteiger partial charge in [0.2, 0.25) is 0 Å². The molecule has 0 amide bonds. The minimum absolute atomic E-state index is 0.0549. The summed E-state index contributed by atoms with van der Waals surface area (Å²) in [7, 11) is 0. The molecule has 0 heterocycles. The molecule has 3 nitrogen and oxygen atoms in total. The third-order valence-electron chi connectivity index (χ3n) is 2.45. The van der Waals surface area contributed by atoms with Crippen molar-refractivity contribution in [3.05, 3.63) is 0 Å². The lowest BCUT2D eigenvalue weighted by molar-refractivity contribution is -0.152. The summed E-state index contributed by atoms with van der Waals surface area (Å²) in [6, 6.07) is 0. The van der Waals surface area contributed by atoms with Crippen molar-refractivity contribution in [3.63, 3.8) is 0 Å². The zero-order valence-electron chi connectivity index (χ0n) is 11.3. The van der Waals surface area contributed by atoms with E-state index in [1.54, 1.807) is 20.8 Å². The minimum atomic E-state index is -0.639. The molecule has 1 unspecified atom stereocenters. The van der Waals surface area contributed by atoms with Crippen LogP contribution in [-0.4, -0.2) is 18.4 Å². The van der Waals surface area contributed by atoms with Crippen molar-refractivity contribution < 1.29 is 14.3 Å². The fraction of sp³-hybridized carbons (Fsp3) is 0.846. The lowest BCUT2D eigenvalue weighted by Crippen LogP contribution is -2.27. The Balaban J connectivity index is 4.03. The molecule has 0 aromatic carbocycles. The average molecular weight is 228 g/mol. The summed E-state index contributed by atoms with van der Waals surface area (Å²) >= 11 is 0. The Morgan fingerprint density at radius 1 is 1.12 bits per heavy atom. The lowest BCUT2D eigenvalue weighted by atomic mass is 9.93. The highest BCUT2D eigenvalue weighted by molar-refractivity contribution is 5.99. The van der Waals surface area contributed by atoms with E-state index in [1.165, 1.54) is 0 Å². The molecule has 0 aliphatic rings. The van der Waals surface area contributed by atoms with Gasteiger partial charge < -0.3 is 4.74 Å². The molecule has 0 bridgehead atoms. The first-order chi connectivity index (χ1) is 7.15. The van der Waals surface area contributed by atoms with Gasteiger partial charge in [-0.05, 0) is 18.8 Å². The van der Waals surface area contributed by atoms with Crippen LogP contribution in [0.5, 0.6) is 0 Å². The second-order valence-electron chi connectivity index (χ2n) is 5.76. The quantitative estimate of drug-likeness (QED) is 0.537. The van der Waals surface area contributed by atoms with Gasteiger partial charge in [-0.1, -0.05) is 34.6 Å². The van der Waals surface area contributed by atoms with Crippen LogP contribution in [0.2, 0.25) is 0 Å². The number of esters is 1. The zero-order chi connectivity index (χ0) is 12.9. The number of ketones is 1. The normalized spacial score (nSPS) is 13.7. The van der Waals surface area contributed by atoms with Crippen molar-refractivity contribution in [2.75, 3.05) is 6.61 Å². The van der Waals surface area contributed by atoms with E-state index >= 15 is 0 Å². The molecule has 0 aliphatic carbocycles. The third-order valence-corrected chi connectivity index (χ3v) is 2.45. The summed E-state index contributed by atoms with van der Waals surface area (Å²) in [6.45, 7) is 11.8. The lowest BCUT2D eigenvalue weighted by Gasteiger charge is -2.18. The van der Waals surface area contributed by atoms with Gasteiger partial charge >= 0.3 is 5.97 Å². The molecule has 0 saturated carbocycles. The second kappa shape index (κ2) is 6.02. The molecule has 1 atom stereocenters. The van der Waals surface area contributed by atoms with Crippen molar-refractivity contribution in [1.82, 2.24) is 0 Å². The van der Waals surface area contributed by atoms with Crippen molar-refractivity contribution in [3.8, 4) is 0 Å². The Hall–Kier alpha value is -0.860. The average Bonchev–Trinajstić information content (AvgIpc) is 2.13. The maximum Gasteiger partial charge on any atom is 0.316 e. The van der Waals surface area contributed by atoms with E-state index in [2.05, 4.69) is 20.8 Å². The van der Waals surface area contributed by atoms with Gasteiger partial charge in [0, 0.05) is 5.92 Å². The molecule has 0 fully saturated rings.